The van der Waals surface area contributed by atoms with E-state index < -0.39 is 17.9 Å². The smallest absolute Gasteiger partial charge is 0.331 e. The van der Waals surface area contributed by atoms with E-state index in [0.717, 1.165) is 32.1 Å². The molecule has 0 aromatic heterocycles. The first-order chi connectivity index (χ1) is 12.0. The van der Waals surface area contributed by atoms with Crippen molar-refractivity contribution < 1.29 is 19.8 Å². The summed E-state index contributed by atoms with van der Waals surface area (Å²) in [5.74, 6) is -3.29. The van der Waals surface area contributed by atoms with Crippen LogP contribution in [-0.4, -0.2) is 22.2 Å². The number of aliphatic carboxylic acids is 2. The number of rotatable bonds is 16. The highest BCUT2D eigenvalue weighted by molar-refractivity contribution is 5.93. The first kappa shape index (κ1) is 23.2. The lowest BCUT2D eigenvalue weighted by Crippen LogP contribution is -2.20. The van der Waals surface area contributed by atoms with Crippen molar-refractivity contribution in [1.82, 2.24) is 0 Å². The van der Waals surface area contributed by atoms with Gasteiger partial charge in [0, 0.05) is 5.57 Å². The second kappa shape index (κ2) is 15.7. The Labute approximate surface area is 152 Å². The molecule has 1 unspecified atom stereocenters. The Balaban J connectivity index is 3.65. The van der Waals surface area contributed by atoms with Crippen LogP contribution in [0.1, 0.15) is 77.6 Å². The molecule has 0 amide bonds. The van der Waals surface area contributed by atoms with Gasteiger partial charge in [-0.1, -0.05) is 69.9 Å². The van der Waals surface area contributed by atoms with E-state index in [1.807, 2.05) is 0 Å². The lowest BCUT2D eigenvalue weighted by Gasteiger charge is -2.11. The maximum Gasteiger partial charge on any atom is 0.331 e. The SMILES string of the molecule is C=C(C(=O)O)C(CCCCCC/C=C\C/C=C\CCCCC)C(=O)O. The molecule has 0 spiro atoms. The molecule has 0 aromatic carbocycles. The molecular weight excluding hydrogens is 316 g/mol. The van der Waals surface area contributed by atoms with E-state index in [-0.39, 0.29) is 5.57 Å². The van der Waals surface area contributed by atoms with Crippen LogP contribution in [-0.2, 0) is 9.59 Å². The van der Waals surface area contributed by atoms with Crippen LogP contribution < -0.4 is 0 Å². The minimum absolute atomic E-state index is 0.224. The van der Waals surface area contributed by atoms with Crippen molar-refractivity contribution in [2.24, 2.45) is 5.92 Å². The molecule has 2 N–H and O–H groups in total. The monoisotopic (exact) mass is 350 g/mol. The van der Waals surface area contributed by atoms with Gasteiger partial charge in [0.25, 0.3) is 0 Å². The number of carboxylic acids is 2. The number of hydrogen-bond donors (Lipinski definition) is 2. The molecule has 4 nitrogen and oxygen atoms in total. The Bertz CT molecular complexity index is 449. The third-order valence-electron chi connectivity index (χ3n) is 4.19. The zero-order valence-corrected chi connectivity index (χ0v) is 15.6. The van der Waals surface area contributed by atoms with Crippen molar-refractivity contribution in [1.29, 1.82) is 0 Å². The largest absolute Gasteiger partial charge is 0.481 e. The third kappa shape index (κ3) is 13.2. The molecule has 0 aromatic rings. The second-order valence-electron chi connectivity index (χ2n) is 6.39. The zero-order valence-electron chi connectivity index (χ0n) is 15.6. The van der Waals surface area contributed by atoms with E-state index in [1.54, 1.807) is 0 Å². The summed E-state index contributed by atoms with van der Waals surface area (Å²) in [7, 11) is 0. The summed E-state index contributed by atoms with van der Waals surface area (Å²) in [6.45, 7) is 5.58. The van der Waals surface area contributed by atoms with Gasteiger partial charge in [0.15, 0.2) is 0 Å². The minimum atomic E-state index is -1.23. The molecule has 1 atom stereocenters. The van der Waals surface area contributed by atoms with Crippen LogP contribution >= 0.6 is 0 Å². The molecule has 0 saturated heterocycles. The van der Waals surface area contributed by atoms with E-state index in [1.165, 1.54) is 25.7 Å². The summed E-state index contributed by atoms with van der Waals surface area (Å²) in [4.78, 5) is 21.9. The fourth-order valence-corrected chi connectivity index (χ4v) is 2.58. The Hall–Kier alpha value is -1.84. The van der Waals surface area contributed by atoms with Crippen molar-refractivity contribution in [3.8, 4) is 0 Å². The summed E-state index contributed by atoms with van der Waals surface area (Å²) in [5, 5.41) is 17.9. The minimum Gasteiger partial charge on any atom is -0.481 e. The molecule has 0 heterocycles. The van der Waals surface area contributed by atoms with Crippen molar-refractivity contribution >= 4 is 11.9 Å². The number of allylic oxidation sites excluding steroid dienone is 4. The van der Waals surface area contributed by atoms with Crippen LogP contribution in [0.5, 0.6) is 0 Å². The van der Waals surface area contributed by atoms with Crippen molar-refractivity contribution in [2.75, 3.05) is 0 Å². The highest BCUT2D eigenvalue weighted by atomic mass is 16.4. The molecule has 0 aliphatic carbocycles. The maximum absolute atomic E-state index is 11.1. The number of carbonyl (C=O) groups is 2. The van der Waals surface area contributed by atoms with E-state index in [4.69, 9.17) is 10.2 Å². The van der Waals surface area contributed by atoms with Crippen LogP contribution in [0.15, 0.2) is 36.5 Å². The van der Waals surface area contributed by atoms with Crippen molar-refractivity contribution in [2.45, 2.75) is 77.6 Å². The van der Waals surface area contributed by atoms with Crippen LogP contribution in [0.25, 0.3) is 0 Å². The van der Waals surface area contributed by atoms with Gasteiger partial charge in [0.05, 0.1) is 5.92 Å². The predicted octanol–water partition coefficient (Wildman–Crippen LogP) is 5.75. The maximum atomic E-state index is 11.1. The fraction of sp³-hybridized carbons (Fsp3) is 0.619. The topological polar surface area (TPSA) is 74.6 Å². The summed E-state index contributed by atoms with van der Waals surface area (Å²) in [5.41, 5.74) is -0.224. The highest BCUT2D eigenvalue weighted by Crippen LogP contribution is 2.19. The third-order valence-corrected chi connectivity index (χ3v) is 4.19. The van der Waals surface area contributed by atoms with Crippen molar-refractivity contribution in [3.63, 3.8) is 0 Å². The van der Waals surface area contributed by atoms with Crippen LogP contribution in [0.3, 0.4) is 0 Å². The lowest BCUT2D eigenvalue weighted by atomic mass is 9.94. The quantitative estimate of drug-likeness (QED) is 0.211. The molecule has 25 heavy (non-hydrogen) atoms. The average molecular weight is 350 g/mol. The number of unbranched alkanes of at least 4 members (excludes halogenated alkanes) is 7. The molecule has 0 aliphatic rings. The Morgan fingerprint density at radius 2 is 1.44 bits per heavy atom. The molecule has 0 radical (unpaired) electrons. The number of carboxylic acid groups (broad SMARTS) is 2. The summed E-state index contributed by atoms with van der Waals surface area (Å²) >= 11 is 0. The van der Waals surface area contributed by atoms with Crippen LogP contribution in [0, 0.1) is 5.92 Å². The molecule has 4 heteroatoms. The first-order valence-electron chi connectivity index (χ1n) is 9.45. The summed E-state index contributed by atoms with van der Waals surface area (Å²) in [6, 6.07) is 0. The standard InChI is InChI=1S/C21H34O4/c1-3-4-5-6-7-8-9-10-11-12-13-14-15-16-17-19(21(24)25)18(2)20(22)23/h7-8,10-11,19H,2-6,9,12-17H2,1H3,(H,22,23)(H,24,25)/b8-7-,11-10-. The van der Waals surface area contributed by atoms with Gasteiger partial charge in [0.2, 0.25) is 0 Å². The van der Waals surface area contributed by atoms with Gasteiger partial charge >= 0.3 is 11.9 Å². The highest BCUT2D eigenvalue weighted by Gasteiger charge is 2.24. The van der Waals surface area contributed by atoms with E-state index >= 15 is 0 Å². The lowest BCUT2D eigenvalue weighted by molar-refractivity contribution is -0.144. The molecule has 0 bridgehead atoms. The van der Waals surface area contributed by atoms with Gasteiger partial charge in [0.1, 0.15) is 0 Å². The van der Waals surface area contributed by atoms with Gasteiger partial charge in [-0.05, 0) is 38.5 Å². The Morgan fingerprint density at radius 3 is 1.96 bits per heavy atom. The summed E-state index contributed by atoms with van der Waals surface area (Å²) in [6.07, 6.45) is 20.0. The Kier molecular flexibility index (Phi) is 14.5. The molecule has 142 valence electrons. The first-order valence-corrected chi connectivity index (χ1v) is 9.45. The molecule has 0 saturated carbocycles. The van der Waals surface area contributed by atoms with Crippen LogP contribution in [0.2, 0.25) is 0 Å². The zero-order chi connectivity index (χ0) is 18.9. The Morgan fingerprint density at radius 1 is 0.880 bits per heavy atom. The predicted molar refractivity (Wildman–Crippen MR) is 103 cm³/mol. The van der Waals surface area contributed by atoms with Gasteiger partial charge in [-0.15, -0.1) is 0 Å². The van der Waals surface area contributed by atoms with E-state index in [2.05, 4.69) is 37.8 Å². The van der Waals surface area contributed by atoms with E-state index in [9.17, 15) is 9.59 Å². The molecule has 0 aliphatic heterocycles. The summed E-state index contributed by atoms with van der Waals surface area (Å²) < 4.78 is 0. The van der Waals surface area contributed by atoms with Gasteiger partial charge in [-0.3, -0.25) is 4.79 Å². The molecule has 0 fully saturated rings. The second-order valence-corrected chi connectivity index (χ2v) is 6.39. The van der Waals surface area contributed by atoms with E-state index in [0.29, 0.717) is 12.8 Å². The van der Waals surface area contributed by atoms with Crippen LogP contribution in [0.4, 0.5) is 0 Å². The molecule has 0 rings (SSSR count). The average Bonchev–Trinajstić information content (AvgIpc) is 2.57. The fourth-order valence-electron chi connectivity index (χ4n) is 2.58. The van der Waals surface area contributed by atoms with Gasteiger partial charge < -0.3 is 10.2 Å². The van der Waals surface area contributed by atoms with Gasteiger partial charge in [-0.2, -0.15) is 0 Å². The normalized spacial score (nSPS) is 12.7. The molecular formula is C21H34O4. The van der Waals surface area contributed by atoms with Crippen molar-refractivity contribution in [3.05, 3.63) is 36.5 Å². The number of hydrogen-bond acceptors (Lipinski definition) is 2. The van der Waals surface area contributed by atoms with Gasteiger partial charge in [-0.25, -0.2) is 4.79 Å².